The molecule has 27 heavy (non-hydrogen) atoms. The summed E-state index contributed by atoms with van der Waals surface area (Å²) in [5.41, 5.74) is 1.03. The molecule has 8 heteroatoms. The van der Waals surface area contributed by atoms with Crippen molar-refractivity contribution in [1.82, 2.24) is 14.9 Å². The van der Waals surface area contributed by atoms with Crippen molar-refractivity contribution in [2.45, 2.75) is 48.3 Å². The van der Waals surface area contributed by atoms with E-state index < -0.39 is 10.0 Å². The van der Waals surface area contributed by atoms with E-state index in [1.165, 1.54) is 39.2 Å². The molecule has 1 aromatic rings. The minimum Gasteiger partial charge on any atom is -0.352 e. The van der Waals surface area contributed by atoms with Gasteiger partial charge in [0.15, 0.2) is 5.96 Å². The number of hydrogen-bond acceptors (Lipinski definition) is 4. The summed E-state index contributed by atoms with van der Waals surface area (Å²) in [6, 6.07) is 6.97. The lowest BCUT2D eigenvalue weighted by molar-refractivity contribution is 0.293. The molecule has 1 saturated carbocycles. The SMILES string of the molecule is CN=C(NCc1ccc(S(=O)(=O)NC)cc1)N1CCSC2(CCCCC2)C1. The third-order valence-corrected chi connectivity index (χ3v) is 8.44. The molecule has 6 nitrogen and oxygen atoms in total. The first-order valence-electron chi connectivity index (χ1n) is 9.60. The summed E-state index contributed by atoms with van der Waals surface area (Å²) in [5.74, 6) is 2.09. The van der Waals surface area contributed by atoms with Gasteiger partial charge in [-0.2, -0.15) is 11.8 Å². The zero-order valence-electron chi connectivity index (χ0n) is 16.2. The molecule has 0 radical (unpaired) electrons. The molecule has 1 aromatic carbocycles. The second-order valence-electron chi connectivity index (χ2n) is 7.27. The van der Waals surface area contributed by atoms with Crippen LogP contribution in [0.15, 0.2) is 34.2 Å². The van der Waals surface area contributed by atoms with E-state index in [-0.39, 0.29) is 4.90 Å². The first kappa shape index (κ1) is 20.5. The Hall–Kier alpha value is -1.25. The fraction of sp³-hybridized carbons (Fsp3) is 0.632. The van der Waals surface area contributed by atoms with Crippen LogP contribution < -0.4 is 10.0 Å². The first-order valence-corrected chi connectivity index (χ1v) is 12.1. The van der Waals surface area contributed by atoms with Crippen molar-refractivity contribution in [1.29, 1.82) is 0 Å². The van der Waals surface area contributed by atoms with Gasteiger partial charge >= 0.3 is 0 Å². The Bertz CT molecular complexity index is 751. The van der Waals surface area contributed by atoms with Crippen LogP contribution in [0.25, 0.3) is 0 Å². The van der Waals surface area contributed by atoms with E-state index in [2.05, 4.69) is 31.7 Å². The molecule has 1 spiro atoms. The molecule has 150 valence electrons. The molecule has 1 saturated heterocycles. The van der Waals surface area contributed by atoms with E-state index >= 15 is 0 Å². The average molecular weight is 411 g/mol. The molecular formula is C19H30N4O2S2. The number of guanidine groups is 1. The highest BCUT2D eigenvalue weighted by atomic mass is 32.2. The van der Waals surface area contributed by atoms with Crippen molar-refractivity contribution in [2.75, 3.05) is 32.9 Å². The molecule has 1 aliphatic carbocycles. The standard InChI is InChI=1S/C19H30N4O2S2/c1-20-18(23-12-13-26-19(15-23)10-4-3-5-11-19)22-14-16-6-8-17(9-7-16)27(24,25)21-2/h6-9,21H,3-5,10-15H2,1-2H3,(H,20,22). The fourth-order valence-corrected chi connectivity index (χ4v) is 6.24. The van der Waals surface area contributed by atoms with E-state index in [1.54, 1.807) is 12.1 Å². The minimum atomic E-state index is -3.39. The number of thioether (sulfide) groups is 1. The normalized spacial score (nSPS) is 20.7. The summed E-state index contributed by atoms with van der Waals surface area (Å²) in [6.45, 7) is 2.71. The van der Waals surface area contributed by atoms with Gasteiger partial charge in [0.1, 0.15) is 0 Å². The molecule has 3 rings (SSSR count). The van der Waals surface area contributed by atoms with Gasteiger partial charge in [-0.05, 0) is 37.6 Å². The van der Waals surface area contributed by atoms with Gasteiger partial charge in [-0.3, -0.25) is 4.99 Å². The Morgan fingerprint density at radius 3 is 2.56 bits per heavy atom. The second-order valence-corrected chi connectivity index (χ2v) is 10.7. The van der Waals surface area contributed by atoms with Crippen molar-refractivity contribution in [3.05, 3.63) is 29.8 Å². The molecule has 0 atom stereocenters. The molecule has 0 bridgehead atoms. The van der Waals surface area contributed by atoms with Gasteiger partial charge in [-0.15, -0.1) is 0 Å². The zero-order chi connectivity index (χ0) is 19.3. The average Bonchev–Trinajstić information content (AvgIpc) is 2.69. The van der Waals surface area contributed by atoms with Gasteiger partial charge in [0.2, 0.25) is 10.0 Å². The van der Waals surface area contributed by atoms with E-state index in [4.69, 9.17) is 0 Å². The summed E-state index contributed by atoms with van der Waals surface area (Å²) in [4.78, 5) is 7.16. The first-order chi connectivity index (χ1) is 13.0. The van der Waals surface area contributed by atoms with Gasteiger partial charge in [-0.25, -0.2) is 13.1 Å². The van der Waals surface area contributed by atoms with Crippen LogP contribution in [-0.4, -0.2) is 57.0 Å². The monoisotopic (exact) mass is 410 g/mol. The van der Waals surface area contributed by atoms with Gasteiger partial charge < -0.3 is 10.2 Å². The van der Waals surface area contributed by atoms with Crippen LogP contribution >= 0.6 is 11.8 Å². The Labute approximate surface area is 167 Å². The van der Waals surface area contributed by atoms with Crippen molar-refractivity contribution in [2.24, 2.45) is 4.99 Å². The predicted molar refractivity (Wildman–Crippen MR) is 113 cm³/mol. The highest BCUT2D eigenvalue weighted by Crippen LogP contribution is 2.42. The maximum absolute atomic E-state index is 11.8. The molecule has 2 fully saturated rings. The predicted octanol–water partition coefficient (Wildman–Crippen LogP) is 2.42. The van der Waals surface area contributed by atoms with E-state index in [0.717, 1.165) is 30.4 Å². The van der Waals surface area contributed by atoms with Gasteiger partial charge in [0, 0.05) is 37.2 Å². The fourth-order valence-electron chi connectivity index (χ4n) is 3.94. The Morgan fingerprint density at radius 1 is 1.22 bits per heavy atom. The Morgan fingerprint density at radius 2 is 1.93 bits per heavy atom. The van der Waals surface area contributed by atoms with Crippen molar-refractivity contribution >= 4 is 27.7 Å². The number of nitrogens with zero attached hydrogens (tertiary/aromatic N) is 2. The van der Waals surface area contributed by atoms with Gasteiger partial charge in [0.05, 0.1) is 4.90 Å². The third kappa shape index (κ3) is 4.97. The smallest absolute Gasteiger partial charge is 0.240 e. The maximum Gasteiger partial charge on any atom is 0.240 e. The highest BCUT2D eigenvalue weighted by molar-refractivity contribution is 8.00. The number of nitrogens with one attached hydrogen (secondary N) is 2. The summed E-state index contributed by atoms with van der Waals surface area (Å²) in [7, 11) is -0.134. The molecule has 0 unspecified atom stereocenters. The quantitative estimate of drug-likeness (QED) is 0.589. The molecule has 2 aliphatic rings. The summed E-state index contributed by atoms with van der Waals surface area (Å²) in [6.07, 6.45) is 6.68. The van der Waals surface area contributed by atoms with Crippen LogP contribution in [0.3, 0.4) is 0 Å². The van der Waals surface area contributed by atoms with E-state index in [0.29, 0.717) is 11.3 Å². The van der Waals surface area contributed by atoms with Crippen molar-refractivity contribution in [3.8, 4) is 0 Å². The topological polar surface area (TPSA) is 73.8 Å². The largest absolute Gasteiger partial charge is 0.352 e. The van der Waals surface area contributed by atoms with Crippen LogP contribution in [0.4, 0.5) is 0 Å². The van der Waals surface area contributed by atoms with E-state index in [1.807, 2.05) is 19.2 Å². The summed E-state index contributed by atoms with van der Waals surface area (Å²) < 4.78 is 26.4. The van der Waals surface area contributed by atoms with Crippen molar-refractivity contribution < 1.29 is 8.42 Å². The Balaban J connectivity index is 1.60. The van der Waals surface area contributed by atoms with Crippen LogP contribution in [0.5, 0.6) is 0 Å². The maximum atomic E-state index is 11.8. The van der Waals surface area contributed by atoms with Crippen LogP contribution in [0.2, 0.25) is 0 Å². The van der Waals surface area contributed by atoms with E-state index in [9.17, 15) is 8.42 Å². The molecular weight excluding hydrogens is 380 g/mol. The molecule has 1 heterocycles. The van der Waals surface area contributed by atoms with Crippen LogP contribution in [-0.2, 0) is 16.6 Å². The van der Waals surface area contributed by atoms with Gasteiger partial charge in [0.25, 0.3) is 0 Å². The minimum absolute atomic E-state index is 0.283. The number of hydrogen-bond donors (Lipinski definition) is 2. The molecule has 0 amide bonds. The zero-order valence-corrected chi connectivity index (χ0v) is 17.8. The number of aliphatic imine (C=N–C) groups is 1. The number of sulfonamides is 1. The lowest BCUT2D eigenvalue weighted by atomic mass is 9.87. The lowest BCUT2D eigenvalue weighted by Crippen LogP contribution is -2.53. The highest BCUT2D eigenvalue weighted by Gasteiger charge is 2.38. The Kier molecular flexibility index (Phi) is 6.70. The van der Waals surface area contributed by atoms with Crippen molar-refractivity contribution in [3.63, 3.8) is 0 Å². The summed E-state index contributed by atoms with van der Waals surface area (Å²) in [5, 5.41) is 3.45. The molecule has 2 N–H and O–H groups in total. The molecule has 0 aromatic heterocycles. The summed E-state index contributed by atoms with van der Waals surface area (Å²) >= 11 is 2.15. The second kappa shape index (κ2) is 8.84. The molecule has 1 aliphatic heterocycles. The van der Waals surface area contributed by atoms with Gasteiger partial charge in [-0.1, -0.05) is 31.4 Å². The third-order valence-electron chi connectivity index (χ3n) is 5.48. The number of rotatable bonds is 4. The lowest BCUT2D eigenvalue weighted by Gasteiger charge is -2.45. The number of benzene rings is 1. The van der Waals surface area contributed by atoms with Crippen LogP contribution in [0.1, 0.15) is 37.7 Å². The van der Waals surface area contributed by atoms with Crippen LogP contribution in [0, 0.1) is 0 Å².